The van der Waals surface area contributed by atoms with Gasteiger partial charge in [0, 0.05) is 32.0 Å². The maximum absolute atomic E-state index is 9.58. The summed E-state index contributed by atoms with van der Waals surface area (Å²) < 4.78 is 208. The van der Waals surface area contributed by atoms with Crippen molar-refractivity contribution in [2.75, 3.05) is 0 Å². The van der Waals surface area contributed by atoms with Crippen LogP contribution in [0.15, 0.2) is 174 Å². The second-order valence-electron chi connectivity index (χ2n) is 10.8. The molecule has 0 N–H and O–H groups in total. The van der Waals surface area contributed by atoms with E-state index in [0.717, 1.165) is 23.7 Å². The van der Waals surface area contributed by atoms with Crippen LogP contribution >= 0.6 is 11.3 Å². The summed E-state index contributed by atoms with van der Waals surface area (Å²) in [7, 11) is 0. The van der Waals surface area contributed by atoms with E-state index in [1.165, 1.54) is 12.1 Å². The molecule has 0 aliphatic rings. The Morgan fingerprint density at radius 3 is 1.96 bits per heavy atom. The Kier molecular flexibility index (Phi) is 3.23. The molecule has 0 unspecified atom stereocenters. The first kappa shape index (κ1) is 13.9. The molecule has 0 spiro atoms. The molecule has 0 amide bonds. The van der Waals surface area contributed by atoms with Crippen LogP contribution in [0.1, 0.15) is 31.5 Å². The quantitative estimate of drug-likeness (QED) is 0.182. The molecule has 0 fully saturated rings. The highest BCUT2D eigenvalue weighted by molar-refractivity contribution is 7.26. The second kappa shape index (κ2) is 11.7. The molecule has 10 aromatic rings. The summed E-state index contributed by atoms with van der Waals surface area (Å²) in [6.45, 7) is 0. The van der Waals surface area contributed by atoms with E-state index in [4.69, 9.17) is 30.5 Å². The summed E-state index contributed by atoms with van der Waals surface area (Å²) >= 11 is 1.09. The molecule has 0 saturated carbocycles. The number of rotatable bonds is 5. The van der Waals surface area contributed by atoms with E-state index in [0.29, 0.717) is 10.1 Å². The number of benzene rings is 7. The predicted octanol–water partition coefficient (Wildman–Crippen LogP) is 13.1. The molecule has 10 rings (SSSR count). The zero-order valence-electron chi connectivity index (χ0n) is 48.1. The van der Waals surface area contributed by atoms with Gasteiger partial charge in [0.2, 0.25) is 0 Å². The van der Waals surface area contributed by atoms with E-state index in [-0.39, 0.29) is 71.7 Å². The molecule has 0 atom stereocenters. The van der Waals surface area contributed by atoms with Crippen molar-refractivity contribution in [3.63, 3.8) is 0 Å². The van der Waals surface area contributed by atoms with Gasteiger partial charge in [0.1, 0.15) is 17.5 Å². The van der Waals surface area contributed by atoms with Crippen LogP contribution in [0.4, 0.5) is 0 Å². The molecule has 4 heteroatoms. The number of thiophene rings is 1. The third-order valence-corrected chi connectivity index (χ3v) is 9.06. The summed E-state index contributed by atoms with van der Waals surface area (Å²) in [6, 6.07) is -10.3. The van der Waals surface area contributed by atoms with Crippen molar-refractivity contribution in [2.24, 2.45) is 0 Å². The molecule has 50 heavy (non-hydrogen) atoms. The third kappa shape index (κ3) is 4.80. The van der Waals surface area contributed by atoms with E-state index in [2.05, 4.69) is 9.97 Å². The Hall–Kier alpha value is -6.36. The summed E-state index contributed by atoms with van der Waals surface area (Å²) in [5, 5.41) is -0.149. The number of hydrogen-bond donors (Lipinski definition) is 0. The van der Waals surface area contributed by atoms with Gasteiger partial charge in [-0.05, 0) is 81.3 Å². The zero-order valence-corrected chi connectivity index (χ0v) is 25.9. The number of fused-ring (bicyclic) bond motifs is 6. The summed E-state index contributed by atoms with van der Waals surface area (Å²) in [5.74, 6) is 0. The summed E-state index contributed by atoms with van der Waals surface area (Å²) in [5.41, 5.74) is -4.07. The van der Waals surface area contributed by atoms with Gasteiger partial charge in [0.05, 0.1) is 47.4 Å². The molecule has 0 bridgehead atoms. The van der Waals surface area contributed by atoms with Crippen molar-refractivity contribution in [3.05, 3.63) is 170 Å². The fraction of sp³-hybridized carbons (Fsp3) is 0. The van der Waals surface area contributed by atoms with Crippen molar-refractivity contribution < 1.29 is 35.9 Å². The van der Waals surface area contributed by atoms with Gasteiger partial charge in [-0.1, -0.05) is 121 Å². The minimum absolute atomic E-state index is 0.00737. The molecule has 3 nitrogen and oxygen atoms in total. The van der Waals surface area contributed by atoms with Crippen LogP contribution in [0.25, 0.3) is 98.0 Å². The van der Waals surface area contributed by atoms with E-state index in [1.54, 1.807) is 6.07 Å². The van der Waals surface area contributed by atoms with Gasteiger partial charge < -0.3 is 4.42 Å². The van der Waals surface area contributed by atoms with Gasteiger partial charge in [0.25, 0.3) is 0 Å². The minimum Gasteiger partial charge on any atom is -0.455 e. The SMILES string of the molecule is [2H]c1cc([2H])c(-c2ncnc3c2sc2ccc(-c4c([2H])c(-c5c([2H])c([2H])c([2H])c([2H])c5[2H])c([2H])c(-c5c([2H])c([2H])c([2H])c([2H])c5[2H])c4[2H])cc23)c([2H])c1-c1c([2H])c([2H])c([2H])c2c1oc1c([2H])c([2H])c([2H])c([2H])c12. The number of furan rings is 1. The Morgan fingerprint density at radius 1 is 0.520 bits per heavy atom. The first-order valence-corrected chi connectivity index (χ1v) is 15.7. The van der Waals surface area contributed by atoms with Crippen molar-refractivity contribution in [1.82, 2.24) is 9.97 Å². The van der Waals surface area contributed by atoms with Crippen molar-refractivity contribution in [1.29, 1.82) is 0 Å². The van der Waals surface area contributed by atoms with Crippen LogP contribution in [0, 0.1) is 0 Å². The average Bonchev–Trinajstić information content (AvgIpc) is 3.94. The molecular weight excluding hydrogens is 629 g/mol. The predicted molar refractivity (Wildman–Crippen MR) is 209 cm³/mol. The molecule has 7 aromatic carbocycles. The largest absolute Gasteiger partial charge is 0.455 e. The van der Waals surface area contributed by atoms with Crippen molar-refractivity contribution in [3.8, 4) is 55.8 Å². The first-order valence-electron chi connectivity index (χ1n) is 26.3. The van der Waals surface area contributed by atoms with Crippen LogP contribution in [-0.4, -0.2) is 9.97 Å². The van der Waals surface area contributed by atoms with Gasteiger partial charge >= 0.3 is 0 Å². The fourth-order valence-electron chi connectivity index (χ4n) is 5.67. The third-order valence-electron chi connectivity index (χ3n) is 7.90. The molecular formula is C46H28N2OS. The topological polar surface area (TPSA) is 38.9 Å². The number of hydrogen-bond acceptors (Lipinski definition) is 4. The van der Waals surface area contributed by atoms with Crippen molar-refractivity contribution in [2.45, 2.75) is 0 Å². The zero-order chi connectivity index (χ0) is 53.0. The van der Waals surface area contributed by atoms with Crippen LogP contribution in [-0.2, 0) is 0 Å². The highest BCUT2D eigenvalue weighted by Crippen LogP contribution is 2.42. The lowest BCUT2D eigenvalue weighted by Crippen LogP contribution is -1.88. The molecule has 0 aliphatic carbocycles. The molecule has 0 radical (unpaired) electrons. The maximum atomic E-state index is 9.58. The van der Waals surface area contributed by atoms with E-state index in [9.17, 15) is 5.48 Å². The lowest BCUT2D eigenvalue weighted by molar-refractivity contribution is 0.670. The maximum Gasteiger partial charge on any atom is 0.143 e. The number of nitrogens with zero attached hydrogens (tertiary/aromatic N) is 2. The average molecular weight is 680 g/mol. The Balaban J connectivity index is 1.24. The van der Waals surface area contributed by atoms with Gasteiger partial charge in [0.15, 0.2) is 0 Å². The fourth-order valence-corrected chi connectivity index (χ4v) is 6.80. The van der Waals surface area contributed by atoms with Crippen LogP contribution < -0.4 is 0 Å². The molecule has 0 aliphatic heterocycles. The van der Waals surface area contributed by atoms with E-state index < -0.39 is 155 Å². The van der Waals surface area contributed by atoms with Gasteiger partial charge in [-0.3, -0.25) is 0 Å². The molecule has 3 aromatic heterocycles. The molecule has 0 saturated heterocycles. The Labute approximate surface area is 325 Å². The highest BCUT2D eigenvalue weighted by atomic mass is 32.1. The van der Waals surface area contributed by atoms with E-state index >= 15 is 0 Å². The van der Waals surface area contributed by atoms with Gasteiger partial charge in [-0.25, -0.2) is 9.97 Å². The monoisotopic (exact) mass is 679 g/mol. The van der Waals surface area contributed by atoms with Crippen LogP contribution in [0.3, 0.4) is 0 Å². The lowest BCUT2D eigenvalue weighted by atomic mass is 9.93. The highest BCUT2D eigenvalue weighted by Gasteiger charge is 2.17. The molecule has 3 heterocycles. The Morgan fingerprint density at radius 2 is 1.18 bits per heavy atom. The van der Waals surface area contributed by atoms with Gasteiger partial charge in [-0.2, -0.15) is 0 Å². The van der Waals surface area contributed by atoms with Gasteiger partial charge in [-0.15, -0.1) is 11.3 Å². The van der Waals surface area contributed by atoms with Crippen LogP contribution in [0.2, 0.25) is 0 Å². The Bertz CT molecular complexity index is 4050. The normalized spacial score (nSPS) is 18.0. The number of aromatic nitrogens is 2. The smallest absolute Gasteiger partial charge is 0.143 e. The van der Waals surface area contributed by atoms with E-state index in [1.807, 2.05) is 0 Å². The second-order valence-corrected chi connectivity index (χ2v) is 11.8. The minimum atomic E-state index is -0.815. The first-order chi connectivity index (χ1) is 34.3. The standard InChI is InChI=1S/C46H28N2OS/c1-3-11-29(12-4-1)34-24-35(30-13-5-2-6-14-30)26-36(25-34)31-21-22-42-40(27-31)44-46(50-42)43(47-28-48-44)33-16-9-15-32(23-33)37-18-10-19-39-38-17-7-8-20-41(38)49-45(37)39/h1-28H/i1D,2D,3D,4D,5D,6D,7D,8D,10D,11D,12D,13D,14D,15D,16D,17D,18D,19D,20D,23D,24D,25D,26D. The number of para-hydroxylation sites is 2. The van der Waals surface area contributed by atoms with Crippen molar-refractivity contribution >= 4 is 53.6 Å². The van der Waals surface area contributed by atoms with Crippen LogP contribution in [0.5, 0.6) is 0 Å². The molecule has 234 valence electrons. The summed E-state index contributed by atoms with van der Waals surface area (Å²) in [4.78, 5) is 8.98. The lowest BCUT2D eigenvalue weighted by Gasteiger charge is -2.11. The summed E-state index contributed by atoms with van der Waals surface area (Å²) in [6.07, 6.45) is 1.13.